The van der Waals surface area contributed by atoms with Crippen molar-refractivity contribution in [2.24, 2.45) is 5.41 Å². The molecule has 1 amide bonds. The van der Waals surface area contributed by atoms with Gasteiger partial charge in [-0.15, -0.1) is 0 Å². The molecule has 6 nitrogen and oxygen atoms in total. The summed E-state index contributed by atoms with van der Waals surface area (Å²) in [7, 11) is 1.66. The van der Waals surface area contributed by atoms with Crippen LogP contribution >= 0.6 is 0 Å². The molecule has 1 fully saturated rings. The number of nitrogens with one attached hydrogen (secondary N) is 3. The summed E-state index contributed by atoms with van der Waals surface area (Å²) in [5.74, 6) is -0.0749. The molecule has 40 heavy (non-hydrogen) atoms. The summed E-state index contributed by atoms with van der Waals surface area (Å²) >= 11 is 0. The van der Waals surface area contributed by atoms with Crippen molar-refractivity contribution in [3.05, 3.63) is 59.2 Å². The second-order valence-electron chi connectivity index (χ2n) is 10.9. The lowest BCUT2D eigenvalue weighted by molar-refractivity contribution is -0.135. The normalized spacial score (nSPS) is 17.7. The Morgan fingerprint density at radius 1 is 1.10 bits per heavy atom. The Kier molecular flexibility index (Phi) is 16.6. The number of hydrogen-bond donors (Lipinski definition) is 3. The Hall–Kier alpha value is -2.54. The van der Waals surface area contributed by atoms with Gasteiger partial charge in [-0.2, -0.15) is 0 Å². The van der Waals surface area contributed by atoms with Gasteiger partial charge in [0.1, 0.15) is 6.10 Å². The van der Waals surface area contributed by atoms with Crippen molar-refractivity contribution >= 4 is 12.1 Å². The number of benzene rings is 2. The minimum absolute atomic E-state index is 0.0185. The lowest BCUT2D eigenvalue weighted by Gasteiger charge is -2.35. The molecule has 2 aromatic rings. The van der Waals surface area contributed by atoms with Crippen LogP contribution in [0.25, 0.3) is 11.1 Å². The predicted octanol–water partition coefficient (Wildman–Crippen LogP) is 6.96. The molecule has 3 rings (SSSR count). The average molecular weight is 554 g/mol. The van der Waals surface area contributed by atoms with Gasteiger partial charge in [0, 0.05) is 32.5 Å². The highest BCUT2D eigenvalue weighted by Gasteiger charge is 2.32. The Morgan fingerprint density at radius 3 is 2.25 bits per heavy atom. The number of ether oxygens (including phenoxy) is 2. The van der Waals surface area contributed by atoms with Crippen LogP contribution in [0, 0.1) is 17.7 Å². The Morgan fingerprint density at radius 2 is 1.73 bits per heavy atom. The van der Waals surface area contributed by atoms with E-state index in [4.69, 9.17) is 14.9 Å². The van der Waals surface area contributed by atoms with Gasteiger partial charge in [0.2, 0.25) is 0 Å². The molecule has 1 heterocycles. The highest BCUT2D eigenvalue weighted by atomic mass is 16.5. The third-order valence-corrected chi connectivity index (χ3v) is 7.63. The SMILES string of the molecule is CC.CCC(C)(C)C(Cc1ccc(-c2ccc(C=N)c(C)c2)cc1)NC(=O)C1CNCC(OC)CO1.CCCC. The Bertz CT molecular complexity index is 1000. The van der Waals surface area contributed by atoms with Crippen LogP contribution in [0.1, 0.15) is 84.4 Å². The minimum Gasteiger partial charge on any atom is -0.378 e. The maximum Gasteiger partial charge on any atom is 0.250 e. The standard InChI is InChI=1S/C28H39N3O3.C4H10.C2H6/c1-6-28(3,4)26(31-27(32)25-17-30-16-24(33-5)18-34-25)14-20-7-9-21(10-8-20)22-11-12-23(15-29)19(2)13-22;1-3-4-2;1-2/h7-13,15,24-26,29-30H,6,14,16-18H2,1-5H3,(H,31,32);3-4H2,1-2H3;1-2H3. The fraction of sp³-hybridized carbons (Fsp3) is 0.588. The first kappa shape index (κ1) is 35.5. The molecule has 3 N–H and O–H groups in total. The van der Waals surface area contributed by atoms with E-state index >= 15 is 0 Å². The third kappa shape index (κ3) is 11.1. The molecule has 1 saturated heterocycles. The summed E-state index contributed by atoms with van der Waals surface area (Å²) in [4.78, 5) is 13.1. The number of rotatable bonds is 10. The van der Waals surface area contributed by atoms with Gasteiger partial charge >= 0.3 is 0 Å². The van der Waals surface area contributed by atoms with Gasteiger partial charge in [-0.05, 0) is 53.0 Å². The predicted molar refractivity (Wildman–Crippen MR) is 170 cm³/mol. The van der Waals surface area contributed by atoms with Crippen molar-refractivity contribution < 1.29 is 14.3 Å². The van der Waals surface area contributed by atoms with E-state index < -0.39 is 6.10 Å². The van der Waals surface area contributed by atoms with Crippen LogP contribution in [-0.2, 0) is 20.7 Å². The van der Waals surface area contributed by atoms with E-state index in [2.05, 4.69) is 81.7 Å². The van der Waals surface area contributed by atoms with E-state index in [1.165, 1.54) is 24.6 Å². The van der Waals surface area contributed by atoms with Crippen LogP contribution in [0.3, 0.4) is 0 Å². The molecule has 0 bridgehead atoms. The van der Waals surface area contributed by atoms with Gasteiger partial charge < -0.3 is 25.5 Å². The summed E-state index contributed by atoms with van der Waals surface area (Å²) in [6.45, 7) is 18.5. The van der Waals surface area contributed by atoms with E-state index in [-0.39, 0.29) is 23.5 Å². The van der Waals surface area contributed by atoms with E-state index in [1.54, 1.807) is 7.11 Å². The average Bonchev–Trinajstić information content (AvgIpc) is 3.24. The van der Waals surface area contributed by atoms with Gasteiger partial charge in [-0.1, -0.05) is 104 Å². The van der Waals surface area contributed by atoms with Crippen LogP contribution in [0.2, 0.25) is 0 Å². The second kappa shape index (κ2) is 18.7. The largest absolute Gasteiger partial charge is 0.378 e. The minimum atomic E-state index is -0.523. The second-order valence-corrected chi connectivity index (χ2v) is 10.9. The van der Waals surface area contributed by atoms with Crippen molar-refractivity contribution in [2.45, 2.75) is 99.3 Å². The molecule has 1 aliphatic rings. The highest BCUT2D eigenvalue weighted by molar-refractivity contribution is 5.82. The Balaban J connectivity index is 0.00000122. The van der Waals surface area contributed by atoms with Gasteiger partial charge in [-0.25, -0.2) is 0 Å². The van der Waals surface area contributed by atoms with Gasteiger partial charge in [-0.3, -0.25) is 4.79 Å². The zero-order valence-corrected chi connectivity index (χ0v) is 26.5. The van der Waals surface area contributed by atoms with Gasteiger partial charge in [0.15, 0.2) is 0 Å². The van der Waals surface area contributed by atoms with E-state index in [0.717, 1.165) is 35.1 Å². The maximum atomic E-state index is 13.1. The summed E-state index contributed by atoms with van der Waals surface area (Å²) in [6.07, 6.45) is 5.16. The zero-order chi connectivity index (χ0) is 30.1. The van der Waals surface area contributed by atoms with Crippen LogP contribution in [0.15, 0.2) is 42.5 Å². The van der Waals surface area contributed by atoms with Crippen LogP contribution in [-0.4, -0.2) is 57.2 Å². The summed E-state index contributed by atoms with van der Waals surface area (Å²) < 4.78 is 11.2. The fourth-order valence-electron chi connectivity index (χ4n) is 4.16. The Labute approximate surface area is 244 Å². The fourth-order valence-corrected chi connectivity index (χ4v) is 4.16. The smallest absolute Gasteiger partial charge is 0.250 e. The molecule has 0 spiro atoms. The third-order valence-electron chi connectivity index (χ3n) is 7.63. The molecule has 1 aliphatic heterocycles. The van der Waals surface area contributed by atoms with Gasteiger partial charge in [0.05, 0.1) is 12.7 Å². The molecule has 3 unspecified atom stereocenters. The molecular formula is C34H55N3O3. The molecule has 2 aromatic carbocycles. The lowest BCUT2D eigenvalue weighted by Crippen LogP contribution is -2.51. The van der Waals surface area contributed by atoms with Crippen molar-refractivity contribution in [3.8, 4) is 11.1 Å². The molecule has 0 saturated carbocycles. The summed E-state index contributed by atoms with van der Waals surface area (Å²) in [5, 5.41) is 14.0. The number of amides is 1. The molecule has 3 atom stereocenters. The van der Waals surface area contributed by atoms with Gasteiger partial charge in [0.25, 0.3) is 5.91 Å². The summed E-state index contributed by atoms with van der Waals surface area (Å²) in [6, 6.07) is 14.7. The number of hydrogen-bond acceptors (Lipinski definition) is 5. The first-order valence-electron chi connectivity index (χ1n) is 15.0. The number of aryl methyl sites for hydroxylation is 1. The quantitative estimate of drug-likeness (QED) is 0.278. The van der Waals surface area contributed by atoms with Crippen LogP contribution in [0.4, 0.5) is 0 Å². The zero-order valence-electron chi connectivity index (χ0n) is 26.5. The van der Waals surface area contributed by atoms with Crippen LogP contribution < -0.4 is 10.6 Å². The topological polar surface area (TPSA) is 83.4 Å². The lowest BCUT2D eigenvalue weighted by atomic mass is 9.78. The van der Waals surface area contributed by atoms with E-state index in [1.807, 2.05) is 26.8 Å². The molecule has 6 heteroatoms. The van der Waals surface area contributed by atoms with Crippen LogP contribution in [0.5, 0.6) is 0 Å². The van der Waals surface area contributed by atoms with Crippen molar-refractivity contribution in [3.63, 3.8) is 0 Å². The van der Waals surface area contributed by atoms with Crippen molar-refractivity contribution in [2.75, 3.05) is 26.8 Å². The first-order chi connectivity index (χ1) is 19.2. The number of unbranched alkanes of at least 4 members (excludes halogenated alkanes) is 1. The first-order valence-corrected chi connectivity index (χ1v) is 15.0. The number of methoxy groups -OCH3 is 1. The molecule has 0 aromatic heterocycles. The highest BCUT2D eigenvalue weighted by Crippen LogP contribution is 2.29. The monoisotopic (exact) mass is 553 g/mol. The molecule has 0 aliphatic carbocycles. The summed E-state index contributed by atoms with van der Waals surface area (Å²) in [5.41, 5.74) is 5.43. The molecule has 224 valence electrons. The molecular weight excluding hydrogens is 498 g/mol. The number of carbonyl (C=O) groups excluding carboxylic acids is 1. The molecule has 0 radical (unpaired) electrons. The van der Waals surface area contributed by atoms with Crippen molar-refractivity contribution in [1.82, 2.24) is 10.6 Å². The van der Waals surface area contributed by atoms with E-state index in [0.29, 0.717) is 19.7 Å². The van der Waals surface area contributed by atoms with Crippen molar-refractivity contribution in [1.29, 1.82) is 5.41 Å². The van der Waals surface area contributed by atoms with E-state index in [9.17, 15) is 4.79 Å². The number of carbonyl (C=O) groups is 1. The maximum absolute atomic E-state index is 13.1.